The lowest BCUT2D eigenvalue weighted by atomic mass is 10.1. The summed E-state index contributed by atoms with van der Waals surface area (Å²) in [6.45, 7) is 6.23. The quantitative estimate of drug-likeness (QED) is 0.469. The molecule has 146 valence electrons. The molecule has 0 saturated carbocycles. The molecule has 0 aliphatic heterocycles. The van der Waals surface area contributed by atoms with Crippen molar-refractivity contribution in [3.05, 3.63) is 65.2 Å². The Hall–Kier alpha value is -2.53. The fourth-order valence-corrected chi connectivity index (χ4v) is 2.90. The second kappa shape index (κ2) is 11.2. The van der Waals surface area contributed by atoms with Crippen molar-refractivity contribution < 1.29 is 9.84 Å². The molecular formula is C22H31N3O2. The first-order valence-electron chi connectivity index (χ1n) is 9.52. The number of aliphatic imine (C=N–C) groups is 1. The smallest absolute Gasteiger partial charge is 0.191 e. The van der Waals surface area contributed by atoms with Crippen LogP contribution in [0.2, 0.25) is 0 Å². The molecule has 1 unspecified atom stereocenters. The zero-order chi connectivity index (χ0) is 19.5. The summed E-state index contributed by atoms with van der Waals surface area (Å²) in [7, 11) is 1.70. The van der Waals surface area contributed by atoms with Crippen molar-refractivity contribution in [1.29, 1.82) is 0 Å². The van der Waals surface area contributed by atoms with Gasteiger partial charge in [-0.25, -0.2) is 0 Å². The third kappa shape index (κ3) is 6.94. The number of nitrogens with one attached hydrogen (secondary N) is 2. The van der Waals surface area contributed by atoms with Crippen molar-refractivity contribution in [3.8, 4) is 5.75 Å². The van der Waals surface area contributed by atoms with Gasteiger partial charge < -0.3 is 20.5 Å². The maximum absolute atomic E-state index is 10.2. The molecule has 2 rings (SSSR count). The Kier molecular flexibility index (Phi) is 8.65. The van der Waals surface area contributed by atoms with E-state index in [0.29, 0.717) is 13.0 Å². The van der Waals surface area contributed by atoms with Crippen molar-refractivity contribution in [2.45, 2.75) is 32.8 Å². The second-order valence-corrected chi connectivity index (χ2v) is 6.47. The molecule has 5 heteroatoms. The summed E-state index contributed by atoms with van der Waals surface area (Å²) in [5.41, 5.74) is 3.33. The minimum Gasteiger partial charge on any atom is -0.496 e. The molecule has 0 heterocycles. The maximum atomic E-state index is 10.2. The Balaban J connectivity index is 1.85. The number of guanidine groups is 1. The highest BCUT2D eigenvalue weighted by Gasteiger charge is 2.07. The van der Waals surface area contributed by atoms with Gasteiger partial charge in [0.25, 0.3) is 0 Å². The van der Waals surface area contributed by atoms with Gasteiger partial charge in [0.1, 0.15) is 5.75 Å². The fourth-order valence-electron chi connectivity index (χ4n) is 2.90. The summed E-state index contributed by atoms with van der Waals surface area (Å²) in [5.74, 6) is 1.68. The van der Waals surface area contributed by atoms with Gasteiger partial charge in [-0.3, -0.25) is 4.99 Å². The van der Waals surface area contributed by atoms with Crippen LogP contribution >= 0.6 is 0 Å². The van der Waals surface area contributed by atoms with Gasteiger partial charge in [-0.2, -0.15) is 0 Å². The monoisotopic (exact) mass is 369 g/mol. The molecule has 1 atom stereocenters. The lowest BCUT2D eigenvalue weighted by molar-refractivity contribution is 0.170. The Morgan fingerprint density at radius 3 is 2.63 bits per heavy atom. The molecule has 0 aliphatic carbocycles. The zero-order valence-corrected chi connectivity index (χ0v) is 16.5. The largest absolute Gasteiger partial charge is 0.496 e. The van der Waals surface area contributed by atoms with Crippen molar-refractivity contribution in [2.24, 2.45) is 4.99 Å². The molecule has 0 spiro atoms. The highest BCUT2D eigenvalue weighted by atomic mass is 16.5. The summed E-state index contributed by atoms with van der Waals surface area (Å²) in [6, 6.07) is 15.9. The molecule has 5 nitrogen and oxygen atoms in total. The number of hydrogen-bond donors (Lipinski definition) is 3. The van der Waals surface area contributed by atoms with Crippen LogP contribution in [0, 0.1) is 6.92 Å². The third-order valence-corrected chi connectivity index (χ3v) is 4.32. The van der Waals surface area contributed by atoms with Crippen LogP contribution in [0.25, 0.3) is 0 Å². The van der Waals surface area contributed by atoms with E-state index >= 15 is 0 Å². The first-order chi connectivity index (χ1) is 13.1. The number of benzene rings is 2. The SMILES string of the molecule is CCNC(=NCCC(O)c1ccccc1)NCCc1cc(C)ccc1OC. The van der Waals surface area contributed by atoms with Crippen LogP contribution in [0.15, 0.2) is 53.5 Å². The van der Waals surface area contributed by atoms with E-state index in [0.717, 1.165) is 36.8 Å². The third-order valence-electron chi connectivity index (χ3n) is 4.32. The molecule has 0 bridgehead atoms. The molecular weight excluding hydrogens is 338 g/mol. The predicted molar refractivity (Wildman–Crippen MR) is 111 cm³/mol. The number of rotatable bonds is 9. The van der Waals surface area contributed by atoms with Crippen LogP contribution in [0.5, 0.6) is 5.75 Å². The van der Waals surface area contributed by atoms with Crippen LogP contribution in [0.3, 0.4) is 0 Å². The molecule has 0 saturated heterocycles. The van der Waals surface area contributed by atoms with E-state index in [1.54, 1.807) is 7.11 Å². The van der Waals surface area contributed by atoms with Crippen molar-refractivity contribution in [3.63, 3.8) is 0 Å². The first kappa shape index (κ1) is 20.8. The Bertz CT molecular complexity index is 717. The van der Waals surface area contributed by atoms with Crippen molar-refractivity contribution in [1.82, 2.24) is 10.6 Å². The van der Waals surface area contributed by atoms with Gasteiger partial charge in [-0.05, 0) is 43.9 Å². The number of ether oxygens (including phenoxy) is 1. The van der Waals surface area contributed by atoms with Gasteiger partial charge in [0.15, 0.2) is 5.96 Å². The van der Waals surface area contributed by atoms with Gasteiger partial charge in [0, 0.05) is 19.6 Å². The summed E-state index contributed by atoms with van der Waals surface area (Å²) in [6.07, 6.45) is 0.947. The molecule has 0 fully saturated rings. The van der Waals surface area contributed by atoms with Gasteiger partial charge >= 0.3 is 0 Å². The lowest BCUT2D eigenvalue weighted by Crippen LogP contribution is -2.38. The topological polar surface area (TPSA) is 65.9 Å². The number of nitrogens with zero attached hydrogens (tertiary/aromatic N) is 1. The zero-order valence-electron chi connectivity index (χ0n) is 16.5. The minimum atomic E-state index is -0.491. The lowest BCUT2D eigenvalue weighted by Gasteiger charge is -2.14. The van der Waals surface area contributed by atoms with Gasteiger partial charge in [0.2, 0.25) is 0 Å². The van der Waals surface area contributed by atoms with E-state index in [1.165, 1.54) is 11.1 Å². The molecule has 2 aromatic rings. The van der Waals surface area contributed by atoms with Crippen molar-refractivity contribution in [2.75, 3.05) is 26.7 Å². The first-order valence-corrected chi connectivity index (χ1v) is 9.52. The van der Waals surface area contributed by atoms with Crippen LogP contribution < -0.4 is 15.4 Å². The Morgan fingerprint density at radius 2 is 1.93 bits per heavy atom. The van der Waals surface area contributed by atoms with Crippen LogP contribution in [0.4, 0.5) is 0 Å². The fraction of sp³-hybridized carbons (Fsp3) is 0.409. The van der Waals surface area contributed by atoms with Gasteiger partial charge in [-0.1, -0.05) is 48.0 Å². The van der Waals surface area contributed by atoms with E-state index in [4.69, 9.17) is 4.74 Å². The molecule has 0 amide bonds. The molecule has 27 heavy (non-hydrogen) atoms. The van der Waals surface area contributed by atoms with E-state index < -0.39 is 6.10 Å². The second-order valence-electron chi connectivity index (χ2n) is 6.47. The van der Waals surface area contributed by atoms with Gasteiger partial charge in [0.05, 0.1) is 13.2 Å². The van der Waals surface area contributed by atoms with Gasteiger partial charge in [-0.15, -0.1) is 0 Å². The van der Waals surface area contributed by atoms with E-state index in [2.05, 4.69) is 34.7 Å². The number of hydrogen-bond acceptors (Lipinski definition) is 3. The molecule has 0 aliphatic rings. The Morgan fingerprint density at radius 1 is 1.15 bits per heavy atom. The molecule has 2 aromatic carbocycles. The standard InChI is InChI=1S/C22H31N3O2/c1-4-23-22(25-15-13-20(26)18-8-6-5-7-9-18)24-14-12-19-16-17(2)10-11-21(19)27-3/h5-11,16,20,26H,4,12-15H2,1-3H3,(H2,23,24,25). The average molecular weight is 370 g/mol. The normalized spacial score (nSPS) is 12.5. The Labute approximate surface area is 162 Å². The predicted octanol–water partition coefficient (Wildman–Crippen LogP) is 3.22. The van der Waals surface area contributed by atoms with E-state index in [1.807, 2.05) is 43.3 Å². The average Bonchev–Trinajstić information content (AvgIpc) is 2.68. The highest BCUT2D eigenvalue weighted by Crippen LogP contribution is 2.19. The van der Waals surface area contributed by atoms with E-state index in [9.17, 15) is 5.11 Å². The van der Waals surface area contributed by atoms with Crippen LogP contribution in [0.1, 0.15) is 36.1 Å². The highest BCUT2D eigenvalue weighted by molar-refractivity contribution is 5.79. The molecule has 0 radical (unpaired) electrons. The van der Waals surface area contributed by atoms with Crippen molar-refractivity contribution >= 4 is 5.96 Å². The summed E-state index contributed by atoms with van der Waals surface area (Å²) < 4.78 is 5.44. The number of aliphatic hydroxyl groups is 1. The molecule has 3 N–H and O–H groups in total. The number of methoxy groups -OCH3 is 1. The number of aryl methyl sites for hydroxylation is 1. The van der Waals surface area contributed by atoms with Crippen LogP contribution in [-0.2, 0) is 6.42 Å². The summed E-state index contributed by atoms with van der Waals surface area (Å²) in [5, 5.41) is 16.9. The van der Waals surface area contributed by atoms with Crippen LogP contribution in [-0.4, -0.2) is 37.8 Å². The summed E-state index contributed by atoms with van der Waals surface area (Å²) in [4.78, 5) is 4.57. The number of aliphatic hydroxyl groups excluding tert-OH is 1. The minimum absolute atomic E-state index is 0.491. The van der Waals surface area contributed by atoms with E-state index in [-0.39, 0.29) is 0 Å². The summed E-state index contributed by atoms with van der Waals surface area (Å²) >= 11 is 0. The maximum Gasteiger partial charge on any atom is 0.191 e. The molecule has 0 aromatic heterocycles.